The van der Waals surface area contributed by atoms with Gasteiger partial charge in [-0.2, -0.15) is 0 Å². The van der Waals surface area contributed by atoms with Crippen LogP contribution in [0.3, 0.4) is 0 Å². The number of carbonyl (C=O) groups is 2. The highest BCUT2D eigenvalue weighted by Crippen LogP contribution is 2.14. The van der Waals surface area contributed by atoms with Gasteiger partial charge in [-0.15, -0.1) is 0 Å². The Kier molecular flexibility index (Phi) is 20.8. The lowest BCUT2D eigenvalue weighted by Gasteiger charge is -2.12. The van der Waals surface area contributed by atoms with Crippen LogP contribution in [0.4, 0.5) is 0 Å². The SMILES string of the molecule is CCCCCCCCCCCCCCCCCCNC(=O)c1ccccc1COC(=O)CCCN(C)C. The number of ether oxygens (including phenoxy) is 1. The van der Waals surface area contributed by atoms with Crippen LogP contribution in [0.5, 0.6) is 0 Å². The van der Waals surface area contributed by atoms with Crippen molar-refractivity contribution in [2.45, 2.75) is 129 Å². The second-order valence-corrected chi connectivity index (χ2v) is 10.8. The fourth-order valence-electron chi connectivity index (χ4n) is 4.61. The van der Waals surface area contributed by atoms with E-state index in [0.717, 1.165) is 31.4 Å². The predicted molar refractivity (Wildman–Crippen MR) is 156 cm³/mol. The van der Waals surface area contributed by atoms with Crippen LogP contribution in [-0.4, -0.2) is 44.0 Å². The molecule has 37 heavy (non-hydrogen) atoms. The molecule has 0 aliphatic rings. The van der Waals surface area contributed by atoms with Crippen molar-refractivity contribution in [2.75, 3.05) is 27.2 Å². The predicted octanol–water partition coefficient (Wildman–Crippen LogP) is 8.06. The van der Waals surface area contributed by atoms with Crippen molar-refractivity contribution in [3.8, 4) is 0 Å². The molecular weight excluding hydrogens is 460 g/mol. The molecular formula is C32H56N2O3. The van der Waals surface area contributed by atoms with Crippen LogP contribution in [0.15, 0.2) is 24.3 Å². The molecule has 0 aromatic heterocycles. The number of nitrogens with one attached hydrogen (secondary N) is 1. The van der Waals surface area contributed by atoms with Gasteiger partial charge in [0.25, 0.3) is 5.91 Å². The number of hydrogen-bond acceptors (Lipinski definition) is 4. The van der Waals surface area contributed by atoms with E-state index in [4.69, 9.17) is 4.74 Å². The molecule has 5 heteroatoms. The van der Waals surface area contributed by atoms with Gasteiger partial charge in [-0.1, -0.05) is 121 Å². The Hall–Kier alpha value is -1.88. The van der Waals surface area contributed by atoms with Gasteiger partial charge in [0.1, 0.15) is 6.61 Å². The van der Waals surface area contributed by atoms with Crippen molar-refractivity contribution in [1.82, 2.24) is 10.2 Å². The van der Waals surface area contributed by atoms with Crippen LogP contribution < -0.4 is 5.32 Å². The van der Waals surface area contributed by atoms with Gasteiger partial charge in [-0.25, -0.2) is 0 Å². The van der Waals surface area contributed by atoms with E-state index in [1.807, 2.05) is 37.2 Å². The molecule has 0 spiro atoms. The molecule has 1 rings (SSSR count). The topological polar surface area (TPSA) is 58.6 Å². The summed E-state index contributed by atoms with van der Waals surface area (Å²) in [6, 6.07) is 7.39. The maximum absolute atomic E-state index is 12.7. The molecule has 0 saturated heterocycles. The van der Waals surface area contributed by atoms with Crippen molar-refractivity contribution < 1.29 is 14.3 Å². The maximum Gasteiger partial charge on any atom is 0.306 e. The van der Waals surface area contributed by atoms with Crippen LogP contribution in [0.1, 0.15) is 138 Å². The first-order chi connectivity index (χ1) is 18.0. The molecule has 0 unspecified atom stereocenters. The number of carbonyl (C=O) groups excluding carboxylic acids is 2. The summed E-state index contributed by atoms with van der Waals surface area (Å²) in [4.78, 5) is 26.7. The van der Waals surface area contributed by atoms with E-state index < -0.39 is 0 Å². The fourth-order valence-corrected chi connectivity index (χ4v) is 4.61. The highest BCUT2D eigenvalue weighted by Gasteiger charge is 2.12. The number of esters is 1. The first-order valence-electron chi connectivity index (χ1n) is 15.2. The molecule has 1 amide bonds. The summed E-state index contributed by atoms with van der Waals surface area (Å²) in [7, 11) is 3.97. The molecule has 1 aromatic rings. The molecule has 5 nitrogen and oxygen atoms in total. The second-order valence-electron chi connectivity index (χ2n) is 10.8. The number of benzene rings is 1. The average Bonchev–Trinajstić information content (AvgIpc) is 2.89. The zero-order chi connectivity index (χ0) is 27.0. The van der Waals surface area contributed by atoms with Crippen molar-refractivity contribution in [3.63, 3.8) is 0 Å². The standard InChI is InChI=1S/C32H56N2O3/c1-4-5-6-7-8-9-10-11-12-13-14-15-16-17-18-21-26-33-32(36)30-24-20-19-23-29(30)28-37-31(35)25-22-27-34(2)3/h19-20,23-24H,4-18,21-22,25-28H2,1-3H3,(H,33,36). The molecule has 0 fully saturated rings. The summed E-state index contributed by atoms with van der Waals surface area (Å²) < 4.78 is 5.40. The highest BCUT2D eigenvalue weighted by atomic mass is 16.5. The van der Waals surface area contributed by atoms with E-state index in [0.29, 0.717) is 18.5 Å². The van der Waals surface area contributed by atoms with Gasteiger partial charge in [0, 0.05) is 24.1 Å². The van der Waals surface area contributed by atoms with Gasteiger partial charge in [-0.05, 0) is 39.5 Å². The minimum atomic E-state index is -0.217. The van der Waals surface area contributed by atoms with Gasteiger partial charge >= 0.3 is 5.97 Å². The first kappa shape index (κ1) is 33.1. The Morgan fingerprint density at radius 3 is 1.78 bits per heavy atom. The Morgan fingerprint density at radius 2 is 1.24 bits per heavy atom. The largest absolute Gasteiger partial charge is 0.461 e. The average molecular weight is 517 g/mol. The molecule has 0 saturated carbocycles. The molecule has 1 aromatic carbocycles. The number of hydrogen-bond donors (Lipinski definition) is 1. The summed E-state index contributed by atoms with van der Waals surface area (Å²) in [5, 5.41) is 3.04. The van der Waals surface area contributed by atoms with E-state index >= 15 is 0 Å². The first-order valence-corrected chi connectivity index (χ1v) is 15.2. The quantitative estimate of drug-likeness (QED) is 0.111. The molecule has 1 N–H and O–H groups in total. The van der Waals surface area contributed by atoms with Crippen molar-refractivity contribution in [1.29, 1.82) is 0 Å². The van der Waals surface area contributed by atoms with Crippen LogP contribution in [-0.2, 0) is 16.1 Å². The van der Waals surface area contributed by atoms with Gasteiger partial charge < -0.3 is 15.0 Å². The van der Waals surface area contributed by atoms with Crippen LogP contribution in [0, 0.1) is 0 Å². The highest BCUT2D eigenvalue weighted by molar-refractivity contribution is 5.95. The molecule has 0 aliphatic carbocycles. The summed E-state index contributed by atoms with van der Waals surface area (Å²) >= 11 is 0. The third-order valence-corrected chi connectivity index (χ3v) is 6.95. The van der Waals surface area contributed by atoms with E-state index in [1.54, 1.807) is 6.07 Å². The Bertz CT molecular complexity index is 705. The lowest BCUT2D eigenvalue weighted by Crippen LogP contribution is -2.25. The zero-order valence-corrected chi connectivity index (χ0v) is 24.3. The second kappa shape index (κ2) is 23.3. The Labute approximate surface area is 228 Å². The van der Waals surface area contributed by atoms with E-state index in [1.165, 1.54) is 89.9 Å². The molecule has 0 aliphatic heterocycles. The summed E-state index contributed by atoms with van der Waals surface area (Å²) in [6.45, 7) is 3.97. The minimum Gasteiger partial charge on any atom is -0.461 e. The maximum atomic E-state index is 12.7. The van der Waals surface area contributed by atoms with Gasteiger partial charge in [0.2, 0.25) is 0 Å². The summed E-state index contributed by atoms with van der Waals surface area (Å²) in [5.74, 6) is -0.301. The third-order valence-electron chi connectivity index (χ3n) is 6.95. The minimum absolute atomic E-state index is 0.0831. The van der Waals surface area contributed by atoms with Crippen molar-refractivity contribution >= 4 is 11.9 Å². The Morgan fingerprint density at radius 1 is 0.730 bits per heavy atom. The van der Waals surface area contributed by atoms with Crippen molar-refractivity contribution in [3.05, 3.63) is 35.4 Å². The lowest BCUT2D eigenvalue weighted by atomic mass is 10.0. The number of nitrogens with zero attached hydrogens (tertiary/aromatic N) is 1. The van der Waals surface area contributed by atoms with Gasteiger partial charge in [-0.3, -0.25) is 9.59 Å². The lowest BCUT2D eigenvalue weighted by molar-refractivity contribution is -0.145. The van der Waals surface area contributed by atoms with Gasteiger partial charge in [0.05, 0.1) is 0 Å². The van der Waals surface area contributed by atoms with Crippen LogP contribution in [0.2, 0.25) is 0 Å². The molecule has 0 heterocycles. The third kappa shape index (κ3) is 18.9. The normalized spacial score (nSPS) is 11.1. The summed E-state index contributed by atoms with van der Waals surface area (Å²) in [5.41, 5.74) is 1.35. The number of unbranched alkanes of at least 4 members (excludes halogenated alkanes) is 15. The van der Waals surface area contributed by atoms with Crippen LogP contribution in [0.25, 0.3) is 0 Å². The van der Waals surface area contributed by atoms with E-state index in [9.17, 15) is 9.59 Å². The molecule has 0 atom stereocenters. The number of rotatable bonds is 24. The van der Waals surface area contributed by atoms with E-state index in [2.05, 4.69) is 12.2 Å². The fraction of sp³-hybridized carbons (Fsp3) is 0.750. The van der Waals surface area contributed by atoms with Crippen LogP contribution >= 0.6 is 0 Å². The van der Waals surface area contributed by atoms with Gasteiger partial charge in [0.15, 0.2) is 0 Å². The zero-order valence-electron chi connectivity index (χ0n) is 24.3. The molecule has 0 bridgehead atoms. The molecule has 212 valence electrons. The smallest absolute Gasteiger partial charge is 0.306 e. The van der Waals surface area contributed by atoms with E-state index in [-0.39, 0.29) is 18.5 Å². The molecule has 0 radical (unpaired) electrons. The van der Waals surface area contributed by atoms with Crippen molar-refractivity contribution in [2.24, 2.45) is 0 Å². The monoisotopic (exact) mass is 516 g/mol. The Balaban J connectivity index is 2.04. The summed E-state index contributed by atoms with van der Waals surface area (Å²) in [6.07, 6.45) is 22.7. The number of amides is 1.